The van der Waals surface area contributed by atoms with Gasteiger partial charge in [0.1, 0.15) is 0 Å². The Bertz CT molecular complexity index is 2180. The molecule has 0 atom stereocenters. The molecule has 7 aromatic rings. The van der Waals surface area contributed by atoms with Gasteiger partial charge in [0, 0.05) is 32.9 Å². The Morgan fingerprint density at radius 3 is 1.85 bits per heavy atom. The van der Waals surface area contributed by atoms with Crippen LogP contribution in [-0.2, 0) is 0 Å². The zero-order valence-electron chi connectivity index (χ0n) is 22.4. The highest BCUT2D eigenvalue weighted by molar-refractivity contribution is 6.19. The fourth-order valence-corrected chi connectivity index (χ4v) is 6.35. The standard InChI is InChI=1S/C38H28N2/c1-26-11-9-12-27(22-21-26)28-13-10-16-30(23-28)40-36-20-8-6-18-32(36)34-24-33-31-17-5-7-19-35(31)39(37(33)25-38(34)40)29-14-3-2-4-15-29/h2-11,13-25H,12H2,1H3. The molecule has 0 spiro atoms. The van der Waals surface area contributed by atoms with Crippen LogP contribution in [0.5, 0.6) is 0 Å². The second-order valence-electron chi connectivity index (χ2n) is 10.7. The van der Waals surface area contributed by atoms with Crippen molar-refractivity contribution >= 4 is 49.2 Å². The number of hydrogen-bond donors (Lipinski definition) is 0. The molecule has 190 valence electrons. The van der Waals surface area contributed by atoms with E-state index in [1.807, 2.05) is 0 Å². The van der Waals surface area contributed by atoms with Crippen LogP contribution in [0.4, 0.5) is 0 Å². The third kappa shape index (κ3) is 3.50. The number of nitrogens with zero attached hydrogens (tertiary/aromatic N) is 2. The van der Waals surface area contributed by atoms with Gasteiger partial charge in [-0.1, -0.05) is 96.6 Å². The van der Waals surface area contributed by atoms with Gasteiger partial charge in [0.2, 0.25) is 0 Å². The summed E-state index contributed by atoms with van der Waals surface area (Å²) >= 11 is 0. The molecule has 2 aromatic heterocycles. The fraction of sp³-hybridized carbons (Fsp3) is 0.0526. The van der Waals surface area contributed by atoms with Crippen molar-refractivity contribution in [3.05, 3.63) is 151 Å². The van der Waals surface area contributed by atoms with E-state index in [1.54, 1.807) is 0 Å². The molecule has 0 N–H and O–H groups in total. The Kier molecular flexibility index (Phi) is 5.14. The first kappa shape index (κ1) is 22.9. The highest BCUT2D eigenvalue weighted by Gasteiger charge is 2.18. The van der Waals surface area contributed by atoms with Crippen molar-refractivity contribution < 1.29 is 0 Å². The van der Waals surface area contributed by atoms with Crippen LogP contribution in [0.3, 0.4) is 0 Å². The van der Waals surface area contributed by atoms with E-state index < -0.39 is 0 Å². The second-order valence-corrected chi connectivity index (χ2v) is 10.7. The van der Waals surface area contributed by atoms with E-state index in [9.17, 15) is 0 Å². The molecule has 5 aromatic carbocycles. The molecule has 0 saturated heterocycles. The Balaban J connectivity index is 1.45. The quantitative estimate of drug-likeness (QED) is 0.223. The van der Waals surface area contributed by atoms with Crippen molar-refractivity contribution in [1.29, 1.82) is 0 Å². The fourth-order valence-electron chi connectivity index (χ4n) is 6.35. The Morgan fingerprint density at radius 2 is 1.12 bits per heavy atom. The minimum Gasteiger partial charge on any atom is -0.309 e. The number of aromatic nitrogens is 2. The van der Waals surface area contributed by atoms with Gasteiger partial charge in [-0.05, 0) is 73.0 Å². The van der Waals surface area contributed by atoms with Gasteiger partial charge in [-0.25, -0.2) is 0 Å². The predicted octanol–water partition coefficient (Wildman–Crippen LogP) is 10.2. The van der Waals surface area contributed by atoms with Crippen LogP contribution in [-0.4, -0.2) is 9.13 Å². The van der Waals surface area contributed by atoms with Gasteiger partial charge in [0.15, 0.2) is 0 Å². The molecule has 40 heavy (non-hydrogen) atoms. The predicted molar refractivity (Wildman–Crippen MR) is 171 cm³/mol. The number of rotatable bonds is 3. The van der Waals surface area contributed by atoms with Crippen molar-refractivity contribution in [2.24, 2.45) is 0 Å². The molecule has 2 heteroatoms. The van der Waals surface area contributed by atoms with E-state index in [4.69, 9.17) is 0 Å². The summed E-state index contributed by atoms with van der Waals surface area (Å²) in [6, 6.07) is 42.1. The van der Waals surface area contributed by atoms with Crippen LogP contribution in [0.2, 0.25) is 0 Å². The van der Waals surface area contributed by atoms with Crippen LogP contribution < -0.4 is 0 Å². The maximum Gasteiger partial charge on any atom is 0.0562 e. The minimum atomic E-state index is 0.933. The smallest absolute Gasteiger partial charge is 0.0562 e. The molecule has 0 saturated carbocycles. The average Bonchev–Trinajstić information content (AvgIpc) is 3.40. The molecule has 2 heterocycles. The van der Waals surface area contributed by atoms with E-state index in [1.165, 1.54) is 71.7 Å². The van der Waals surface area contributed by atoms with E-state index in [2.05, 4.69) is 156 Å². The average molecular weight is 513 g/mol. The van der Waals surface area contributed by atoms with E-state index in [-0.39, 0.29) is 0 Å². The van der Waals surface area contributed by atoms with Gasteiger partial charge >= 0.3 is 0 Å². The topological polar surface area (TPSA) is 9.86 Å². The van der Waals surface area contributed by atoms with Gasteiger partial charge in [-0.2, -0.15) is 0 Å². The van der Waals surface area contributed by atoms with Gasteiger partial charge in [0.25, 0.3) is 0 Å². The monoisotopic (exact) mass is 512 g/mol. The number of benzene rings is 5. The first-order valence-electron chi connectivity index (χ1n) is 13.9. The third-order valence-electron chi connectivity index (χ3n) is 8.22. The van der Waals surface area contributed by atoms with E-state index >= 15 is 0 Å². The zero-order valence-corrected chi connectivity index (χ0v) is 22.4. The van der Waals surface area contributed by atoms with E-state index in [0.717, 1.165) is 6.42 Å². The molecular formula is C38H28N2. The minimum absolute atomic E-state index is 0.933. The summed E-state index contributed by atoms with van der Waals surface area (Å²) in [7, 11) is 0. The van der Waals surface area contributed by atoms with Gasteiger partial charge < -0.3 is 9.13 Å². The molecule has 0 aliphatic heterocycles. The van der Waals surface area contributed by atoms with Crippen LogP contribution in [0.1, 0.15) is 18.9 Å². The molecular weight excluding hydrogens is 484 g/mol. The van der Waals surface area contributed by atoms with Crippen molar-refractivity contribution in [2.75, 3.05) is 0 Å². The molecule has 8 rings (SSSR count). The second kappa shape index (κ2) is 9.00. The number of allylic oxidation sites excluding steroid dienone is 6. The maximum atomic E-state index is 2.44. The van der Waals surface area contributed by atoms with Crippen LogP contribution in [0.15, 0.2) is 145 Å². The summed E-state index contributed by atoms with van der Waals surface area (Å²) in [5.74, 6) is 0. The van der Waals surface area contributed by atoms with Gasteiger partial charge in [0.05, 0.1) is 22.1 Å². The Labute approximate surface area is 233 Å². The lowest BCUT2D eigenvalue weighted by Gasteiger charge is -2.12. The maximum absolute atomic E-state index is 2.44. The molecule has 0 radical (unpaired) electrons. The van der Waals surface area contributed by atoms with Crippen LogP contribution in [0.25, 0.3) is 60.6 Å². The largest absolute Gasteiger partial charge is 0.309 e. The van der Waals surface area contributed by atoms with E-state index in [0.29, 0.717) is 0 Å². The zero-order chi connectivity index (χ0) is 26.6. The first-order valence-corrected chi connectivity index (χ1v) is 13.9. The molecule has 0 unspecified atom stereocenters. The normalized spacial score (nSPS) is 13.7. The summed E-state index contributed by atoms with van der Waals surface area (Å²) in [5.41, 5.74) is 11.1. The highest BCUT2D eigenvalue weighted by atomic mass is 15.0. The molecule has 0 bridgehead atoms. The summed E-state index contributed by atoms with van der Waals surface area (Å²) in [5, 5.41) is 5.11. The molecule has 0 amide bonds. The summed E-state index contributed by atoms with van der Waals surface area (Å²) in [6.45, 7) is 2.15. The Hall–Kier alpha value is -5.08. The van der Waals surface area contributed by atoms with Crippen molar-refractivity contribution in [2.45, 2.75) is 13.3 Å². The third-order valence-corrected chi connectivity index (χ3v) is 8.22. The molecule has 2 nitrogen and oxygen atoms in total. The number of fused-ring (bicyclic) bond motifs is 6. The van der Waals surface area contributed by atoms with Crippen molar-refractivity contribution in [3.8, 4) is 11.4 Å². The number of hydrogen-bond acceptors (Lipinski definition) is 0. The van der Waals surface area contributed by atoms with Crippen molar-refractivity contribution in [1.82, 2.24) is 9.13 Å². The van der Waals surface area contributed by atoms with Gasteiger partial charge in [-0.3, -0.25) is 0 Å². The summed E-state index contributed by atoms with van der Waals surface area (Å²) < 4.78 is 4.84. The summed E-state index contributed by atoms with van der Waals surface area (Å²) in [6.07, 6.45) is 9.88. The lowest BCUT2D eigenvalue weighted by Crippen LogP contribution is -1.96. The number of para-hydroxylation sites is 3. The van der Waals surface area contributed by atoms with Crippen LogP contribution >= 0.6 is 0 Å². The van der Waals surface area contributed by atoms with Crippen LogP contribution in [0, 0.1) is 0 Å². The summed E-state index contributed by atoms with van der Waals surface area (Å²) in [4.78, 5) is 0. The SMILES string of the molecule is CC1=CC=C(c2cccc(-n3c4ccccc4c4cc5c6ccccc6n(-c6ccccc6)c5cc43)c2)CC=C1. The Morgan fingerprint density at radius 1 is 0.500 bits per heavy atom. The molecule has 0 fully saturated rings. The first-order chi connectivity index (χ1) is 19.8. The highest BCUT2D eigenvalue weighted by Crippen LogP contribution is 2.39. The van der Waals surface area contributed by atoms with Gasteiger partial charge in [-0.15, -0.1) is 0 Å². The molecule has 1 aliphatic rings. The molecule has 1 aliphatic carbocycles. The van der Waals surface area contributed by atoms with Crippen molar-refractivity contribution in [3.63, 3.8) is 0 Å². The lowest BCUT2D eigenvalue weighted by molar-refractivity contribution is 1.16. The lowest BCUT2D eigenvalue weighted by atomic mass is 10.0.